The first kappa shape index (κ1) is 17.7. The molecule has 26 heavy (non-hydrogen) atoms. The lowest BCUT2D eigenvalue weighted by Crippen LogP contribution is -2.37. The normalized spacial score (nSPS) is 20.5. The average molecular weight is 356 g/mol. The Kier molecular flexibility index (Phi) is 4.79. The zero-order valence-electron chi connectivity index (χ0n) is 14.6. The van der Waals surface area contributed by atoms with Crippen LogP contribution in [0.2, 0.25) is 0 Å². The fourth-order valence-corrected chi connectivity index (χ4v) is 3.22. The highest BCUT2D eigenvalue weighted by Gasteiger charge is 2.54. The van der Waals surface area contributed by atoms with Gasteiger partial charge >= 0.3 is 12.1 Å². The van der Waals surface area contributed by atoms with Gasteiger partial charge in [0.1, 0.15) is 11.7 Å². The van der Waals surface area contributed by atoms with E-state index >= 15 is 0 Å². The maximum Gasteiger partial charge on any atom is 0.423 e. The third-order valence-electron chi connectivity index (χ3n) is 4.63. The molecule has 3 rings (SSSR count). The van der Waals surface area contributed by atoms with Gasteiger partial charge in [-0.1, -0.05) is 30.4 Å². The maximum atomic E-state index is 12.5. The maximum absolute atomic E-state index is 12.5. The number of carbonyl (C=O) groups excluding carboxylic acids is 3. The molecule has 1 saturated heterocycles. The van der Waals surface area contributed by atoms with Crippen molar-refractivity contribution >= 4 is 18.0 Å². The number of esters is 1. The zero-order chi connectivity index (χ0) is 18.7. The molecule has 1 spiro atoms. The molecule has 2 heterocycles. The Balaban J connectivity index is 1.79. The highest BCUT2D eigenvalue weighted by Crippen LogP contribution is 2.42. The molecule has 2 aliphatic heterocycles. The summed E-state index contributed by atoms with van der Waals surface area (Å²) in [5.41, 5.74) is -0.830. The Morgan fingerprint density at radius 1 is 1.19 bits per heavy atom. The van der Waals surface area contributed by atoms with Crippen molar-refractivity contribution in [2.45, 2.75) is 6.92 Å². The van der Waals surface area contributed by atoms with Crippen LogP contribution in [0.15, 0.2) is 54.9 Å². The fourth-order valence-electron chi connectivity index (χ4n) is 3.22. The van der Waals surface area contributed by atoms with E-state index in [9.17, 15) is 14.4 Å². The number of benzene rings is 1. The van der Waals surface area contributed by atoms with Crippen molar-refractivity contribution in [1.82, 2.24) is 9.80 Å². The largest absolute Gasteiger partial charge is 0.468 e. The van der Waals surface area contributed by atoms with E-state index in [1.807, 2.05) is 13.0 Å². The molecule has 0 aliphatic carbocycles. The predicted octanol–water partition coefficient (Wildman–Crippen LogP) is 2.17. The number of para-hydroxylation sites is 1. The van der Waals surface area contributed by atoms with Crippen LogP contribution in [0, 0.1) is 11.3 Å². The molecular formula is C19H20N2O5. The Hall–Kier alpha value is -3.09. The van der Waals surface area contributed by atoms with Gasteiger partial charge in [0, 0.05) is 30.9 Å². The second-order valence-electron chi connectivity index (χ2n) is 6.14. The third kappa shape index (κ3) is 3.08. The average Bonchev–Trinajstić information content (AvgIpc) is 2.93. The molecule has 0 radical (unpaired) electrons. The number of hydrogen-bond donors (Lipinski definition) is 0. The summed E-state index contributed by atoms with van der Waals surface area (Å²) in [6, 6.07) is 8.72. The summed E-state index contributed by atoms with van der Waals surface area (Å²) in [6.45, 7) is 2.71. The van der Waals surface area contributed by atoms with Crippen molar-refractivity contribution in [3.63, 3.8) is 0 Å². The van der Waals surface area contributed by atoms with Crippen LogP contribution in [0.25, 0.3) is 0 Å². The quantitative estimate of drug-likeness (QED) is 0.613. The van der Waals surface area contributed by atoms with Crippen LogP contribution >= 0.6 is 0 Å². The topological polar surface area (TPSA) is 76.2 Å². The van der Waals surface area contributed by atoms with Crippen LogP contribution in [-0.2, 0) is 14.3 Å². The molecule has 136 valence electrons. The second-order valence-corrected chi connectivity index (χ2v) is 6.14. The second kappa shape index (κ2) is 7.03. The predicted molar refractivity (Wildman–Crippen MR) is 92.8 cm³/mol. The zero-order valence-corrected chi connectivity index (χ0v) is 14.6. The molecule has 1 unspecified atom stereocenters. The summed E-state index contributed by atoms with van der Waals surface area (Å²) in [4.78, 5) is 39.8. The lowest BCUT2D eigenvalue weighted by molar-refractivity contribution is -0.152. The van der Waals surface area contributed by atoms with E-state index in [1.165, 1.54) is 24.4 Å². The monoisotopic (exact) mass is 356 g/mol. The molecule has 0 bridgehead atoms. The van der Waals surface area contributed by atoms with Gasteiger partial charge in [-0.05, 0) is 19.1 Å². The third-order valence-corrected chi connectivity index (χ3v) is 4.63. The summed E-state index contributed by atoms with van der Waals surface area (Å²) in [7, 11) is 1.26. The lowest BCUT2D eigenvalue weighted by atomic mass is 9.76. The number of nitrogens with zero attached hydrogens (tertiary/aromatic N) is 2. The van der Waals surface area contributed by atoms with E-state index in [-0.39, 0.29) is 5.91 Å². The van der Waals surface area contributed by atoms with Crippen molar-refractivity contribution < 1.29 is 23.9 Å². The van der Waals surface area contributed by atoms with E-state index in [0.29, 0.717) is 18.8 Å². The molecule has 0 aromatic heterocycles. The van der Waals surface area contributed by atoms with Crippen LogP contribution in [-0.4, -0.2) is 48.0 Å². The van der Waals surface area contributed by atoms with E-state index in [4.69, 9.17) is 9.47 Å². The summed E-state index contributed by atoms with van der Waals surface area (Å²) in [5, 5.41) is 0. The van der Waals surface area contributed by atoms with Gasteiger partial charge in [0.15, 0.2) is 0 Å². The SMILES string of the molecule is CCN1CC2(C=CN(C(=O)Oc3ccccc3)C=C2)C(C(=O)OC)C1=O. The van der Waals surface area contributed by atoms with Crippen LogP contribution in [0.4, 0.5) is 4.79 Å². The Morgan fingerprint density at radius 3 is 2.42 bits per heavy atom. The van der Waals surface area contributed by atoms with Crippen molar-refractivity contribution in [2.75, 3.05) is 20.2 Å². The van der Waals surface area contributed by atoms with Gasteiger partial charge in [0.2, 0.25) is 5.91 Å². The minimum atomic E-state index is -0.952. The molecule has 2 amide bonds. The highest BCUT2D eigenvalue weighted by atomic mass is 16.6. The minimum Gasteiger partial charge on any atom is -0.468 e. The number of methoxy groups -OCH3 is 1. The first-order chi connectivity index (χ1) is 12.5. The molecule has 1 fully saturated rings. The molecule has 1 atom stereocenters. The van der Waals surface area contributed by atoms with Gasteiger partial charge in [-0.15, -0.1) is 0 Å². The van der Waals surface area contributed by atoms with Gasteiger partial charge in [-0.3, -0.25) is 14.5 Å². The summed E-state index contributed by atoms with van der Waals surface area (Å²) in [5.74, 6) is -1.37. The van der Waals surface area contributed by atoms with Crippen molar-refractivity contribution in [3.8, 4) is 5.75 Å². The number of ether oxygens (including phenoxy) is 2. The molecule has 0 saturated carbocycles. The van der Waals surface area contributed by atoms with E-state index in [2.05, 4.69) is 0 Å². The number of carbonyl (C=O) groups is 3. The van der Waals surface area contributed by atoms with E-state index in [0.717, 1.165) is 0 Å². The standard InChI is InChI=1S/C19H20N2O5/c1-3-20-13-19(15(16(20)22)17(23)25-2)9-11-21(12-10-19)18(24)26-14-7-5-4-6-8-14/h4-12,15H,3,13H2,1-2H3. The summed E-state index contributed by atoms with van der Waals surface area (Å²) >= 11 is 0. The summed E-state index contributed by atoms with van der Waals surface area (Å²) < 4.78 is 10.1. The van der Waals surface area contributed by atoms with Gasteiger partial charge in [-0.25, -0.2) is 4.79 Å². The number of rotatable bonds is 3. The fraction of sp³-hybridized carbons (Fsp3) is 0.316. The van der Waals surface area contributed by atoms with Crippen LogP contribution in [0.3, 0.4) is 0 Å². The van der Waals surface area contributed by atoms with Crippen LogP contribution in [0.1, 0.15) is 6.92 Å². The molecular weight excluding hydrogens is 336 g/mol. The number of amides is 2. The minimum absolute atomic E-state index is 0.269. The first-order valence-electron chi connectivity index (χ1n) is 8.31. The van der Waals surface area contributed by atoms with E-state index in [1.54, 1.807) is 41.3 Å². The first-order valence-corrected chi connectivity index (χ1v) is 8.31. The number of hydrogen-bond acceptors (Lipinski definition) is 5. The van der Waals surface area contributed by atoms with Gasteiger partial charge in [0.25, 0.3) is 0 Å². The Bertz CT molecular complexity index is 757. The van der Waals surface area contributed by atoms with Crippen LogP contribution in [0.5, 0.6) is 5.75 Å². The molecule has 2 aliphatic rings. The Morgan fingerprint density at radius 2 is 1.85 bits per heavy atom. The molecule has 1 aromatic rings. The Labute approximate surface area is 151 Å². The highest BCUT2D eigenvalue weighted by molar-refractivity contribution is 6.01. The van der Waals surface area contributed by atoms with Gasteiger partial charge in [-0.2, -0.15) is 0 Å². The van der Waals surface area contributed by atoms with Gasteiger partial charge < -0.3 is 14.4 Å². The molecule has 0 N–H and O–H groups in total. The van der Waals surface area contributed by atoms with Crippen LogP contribution < -0.4 is 4.74 Å². The number of likely N-dealkylation sites (tertiary alicyclic amines) is 1. The smallest absolute Gasteiger partial charge is 0.423 e. The van der Waals surface area contributed by atoms with Crippen molar-refractivity contribution in [3.05, 3.63) is 54.9 Å². The van der Waals surface area contributed by atoms with Crippen molar-refractivity contribution in [1.29, 1.82) is 0 Å². The molecule has 7 heteroatoms. The summed E-state index contributed by atoms with van der Waals surface area (Å²) in [6.07, 6.45) is 5.84. The molecule has 1 aromatic carbocycles. The van der Waals surface area contributed by atoms with E-state index < -0.39 is 23.4 Å². The van der Waals surface area contributed by atoms with Crippen molar-refractivity contribution in [2.24, 2.45) is 11.3 Å². The van der Waals surface area contributed by atoms with Gasteiger partial charge in [0.05, 0.1) is 7.11 Å². The lowest BCUT2D eigenvalue weighted by Gasteiger charge is -2.30. The molecule has 7 nitrogen and oxygen atoms in total.